The third-order valence-electron chi connectivity index (χ3n) is 2.63. The van der Waals surface area contributed by atoms with E-state index in [1.165, 1.54) is 6.08 Å². The van der Waals surface area contributed by atoms with Crippen LogP contribution < -0.4 is 0 Å². The fraction of sp³-hybridized carbons (Fsp3) is 0.864. The van der Waals surface area contributed by atoms with Gasteiger partial charge in [0, 0.05) is 34.2 Å². The van der Waals surface area contributed by atoms with Crippen molar-refractivity contribution >= 4 is 5.78 Å². The third-order valence-corrected chi connectivity index (χ3v) is 2.63. The zero-order valence-electron chi connectivity index (χ0n) is 20.8. The van der Waals surface area contributed by atoms with Crippen molar-refractivity contribution in [2.24, 2.45) is 10.8 Å². The molecule has 0 heterocycles. The van der Waals surface area contributed by atoms with E-state index in [2.05, 4.69) is 0 Å². The van der Waals surface area contributed by atoms with Crippen molar-refractivity contribution in [1.29, 1.82) is 0 Å². The number of rotatable bonds is 7. The third kappa shape index (κ3) is 35.6. The largest absolute Gasteiger partial charge is 0.511 e. The Balaban J connectivity index is -0.000000235. The molecule has 0 fully saturated rings. The van der Waals surface area contributed by atoms with Crippen LogP contribution in [0.5, 0.6) is 0 Å². The van der Waals surface area contributed by atoms with Crippen LogP contribution in [0, 0.1) is 10.8 Å². The first kappa shape index (κ1) is 36.2. The quantitative estimate of drug-likeness (QED) is 0.175. The second-order valence-electron chi connectivity index (χ2n) is 10.4. The minimum Gasteiger partial charge on any atom is -0.511 e. The van der Waals surface area contributed by atoms with E-state index in [9.17, 15) is 9.90 Å². The van der Waals surface area contributed by atoms with Gasteiger partial charge in [-0.05, 0) is 62.3 Å². The Bertz CT molecular complexity index is 427. The van der Waals surface area contributed by atoms with Gasteiger partial charge < -0.3 is 24.8 Å². The number of ketones is 1. The Kier molecular flexibility index (Phi) is 19.4. The van der Waals surface area contributed by atoms with Crippen molar-refractivity contribution in [2.45, 2.75) is 87.4 Å². The molecule has 0 unspecified atom stereocenters. The molecule has 0 aromatic rings. The number of aliphatic hydroxyl groups is 3. The maximum atomic E-state index is 10.0. The molecule has 7 heteroatoms. The maximum Gasteiger partial charge on any atom is 0.325 e. The second kappa shape index (κ2) is 15.5. The molecule has 174 valence electrons. The molecule has 6 nitrogen and oxygen atoms in total. The normalized spacial score (nSPS) is 12.7. The van der Waals surface area contributed by atoms with Gasteiger partial charge in [0.1, 0.15) is 5.76 Å². The van der Waals surface area contributed by atoms with Crippen LogP contribution in [0.15, 0.2) is 11.8 Å². The topological polar surface area (TPSA) is 101 Å². The molecule has 0 amide bonds. The number of carbonyl (C=O) groups excluding carboxylic acids is 1. The van der Waals surface area contributed by atoms with Crippen molar-refractivity contribution in [2.75, 3.05) is 26.9 Å². The van der Waals surface area contributed by atoms with E-state index in [0.29, 0.717) is 19.8 Å². The predicted molar refractivity (Wildman–Crippen MR) is 118 cm³/mol. The average Bonchev–Trinajstić information content (AvgIpc) is 2.38. The van der Waals surface area contributed by atoms with Crippen molar-refractivity contribution in [3.05, 3.63) is 11.8 Å². The van der Waals surface area contributed by atoms with Crippen LogP contribution in [0.1, 0.15) is 76.2 Å². The summed E-state index contributed by atoms with van der Waals surface area (Å²) in [6.07, 6.45) is 1.42. The van der Waals surface area contributed by atoms with Gasteiger partial charge in [-0.2, -0.15) is 0 Å². The van der Waals surface area contributed by atoms with Crippen LogP contribution in [0.25, 0.3) is 0 Å². The van der Waals surface area contributed by atoms with Gasteiger partial charge >= 0.3 is 5.78 Å². The molecule has 0 bridgehead atoms. The minimum atomic E-state index is -0.535. The van der Waals surface area contributed by atoms with E-state index in [1.807, 2.05) is 34.6 Å². The number of ether oxygens (including phenoxy) is 2. The second-order valence-corrected chi connectivity index (χ2v) is 10.4. The summed E-state index contributed by atoms with van der Waals surface area (Å²) in [7, 11) is 1.61. The van der Waals surface area contributed by atoms with E-state index < -0.39 is 16.6 Å². The van der Waals surface area contributed by atoms with Crippen molar-refractivity contribution < 1.29 is 51.3 Å². The summed E-state index contributed by atoms with van der Waals surface area (Å²) < 4.78 is 10.3. The Hall–Kier alpha value is -0.236. The van der Waals surface area contributed by atoms with Crippen molar-refractivity contribution in [1.82, 2.24) is 0 Å². The molecular formula is C22H47O6Ti+. The van der Waals surface area contributed by atoms with Gasteiger partial charge in [0.05, 0.1) is 42.5 Å². The van der Waals surface area contributed by atoms with E-state index in [-0.39, 0.29) is 38.7 Å². The molecule has 0 spiro atoms. The summed E-state index contributed by atoms with van der Waals surface area (Å²) in [5.74, 6) is 0.275. The molecule has 0 rings (SSSR count). The first-order chi connectivity index (χ1) is 12.1. The molecular weight excluding hydrogens is 408 g/mol. The Labute approximate surface area is 194 Å². The summed E-state index contributed by atoms with van der Waals surface area (Å²) in [4.78, 5) is 9.85. The molecule has 0 atom stereocenters. The zero-order chi connectivity index (χ0) is 23.4. The van der Waals surface area contributed by atoms with Gasteiger partial charge in [-0.3, -0.25) is 4.79 Å². The first-order valence-electron chi connectivity index (χ1n) is 9.60. The predicted octanol–water partition coefficient (Wildman–Crippen LogP) is 4.26. The molecule has 0 saturated heterocycles. The van der Waals surface area contributed by atoms with Crippen molar-refractivity contribution in [3.63, 3.8) is 0 Å². The molecule has 0 aliphatic carbocycles. The van der Waals surface area contributed by atoms with Crippen molar-refractivity contribution in [3.8, 4) is 0 Å². The van der Waals surface area contributed by atoms with E-state index in [4.69, 9.17) is 19.7 Å². The monoisotopic (exact) mass is 455 g/mol. The summed E-state index contributed by atoms with van der Waals surface area (Å²) in [5.41, 5.74) is -1.91. The number of allylic oxidation sites excluding steroid dienone is 1. The minimum absolute atomic E-state index is 0. The molecule has 0 radical (unpaired) electrons. The van der Waals surface area contributed by atoms with Gasteiger partial charge in [-0.25, -0.2) is 0 Å². The standard InChI is InChI=1S/C14H26O4.2C4H10O.Ti/c1-13(2,3)11(15)9-12(16)14(4,5)10-18-8-7-17-6;2*1-4(2,3)5;/h9,16H,7-8,10H2,1-6H3;2*5H,1-3H3;/p+1. The van der Waals surface area contributed by atoms with Gasteiger partial charge in [-0.1, -0.05) is 13.8 Å². The van der Waals surface area contributed by atoms with Crippen LogP contribution in [-0.2, 0) is 31.2 Å². The average molecular weight is 455 g/mol. The zero-order valence-corrected chi connectivity index (χ0v) is 22.4. The molecule has 0 aliphatic rings. The number of methoxy groups -OCH3 is 1. The summed E-state index contributed by atoms with van der Waals surface area (Å²) >= 11 is 0. The SMILES string of the molecule is CC(C)(C)O.CC(C)(C)O.COCCOCC(C)(C)C(O)=CC(=[OH+])C(C)(C)C.[Ti]. The number of aliphatic hydroxyl groups excluding tert-OH is 1. The number of hydrogen-bond acceptors (Lipinski definition) is 5. The summed E-state index contributed by atoms with van der Waals surface area (Å²) in [6.45, 7) is 21.2. The fourth-order valence-corrected chi connectivity index (χ4v) is 1.08. The molecule has 0 aromatic carbocycles. The van der Waals surface area contributed by atoms with Crippen LogP contribution >= 0.6 is 0 Å². The van der Waals surface area contributed by atoms with E-state index >= 15 is 0 Å². The molecule has 0 aliphatic heterocycles. The van der Waals surface area contributed by atoms with E-state index in [1.54, 1.807) is 48.7 Å². The van der Waals surface area contributed by atoms with Crippen LogP contribution in [0.4, 0.5) is 0 Å². The number of hydrogen-bond donors (Lipinski definition) is 3. The molecule has 29 heavy (non-hydrogen) atoms. The molecule has 0 aromatic heterocycles. The van der Waals surface area contributed by atoms with Crippen LogP contribution in [0.2, 0.25) is 0 Å². The molecule has 0 saturated carbocycles. The van der Waals surface area contributed by atoms with E-state index in [0.717, 1.165) is 0 Å². The van der Waals surface area contributed by atoms with Gasteiger partial charge in [-0.15, -0.1) is 0 Å². The Morgan fingerprint density at radius 3 is 1.45 bits per heavy atom. The Morgan fingerprint density at radius 2 is 1.17 bits per heavy atom. The van der Waals surface area contributed by atoms with Crippen LogP contribution in [0.3, 0.4) is 0 Å². The fourth-order valence-electron chi connectivity index (χ4n) is 1.08. The van der Waals surface area contributed by atoms with Gasteiger partial charge in [0.25, 0.3) is 0 Å². The summed E-state index contributed by atoms with van der Waals surface area (Å²) in [5, 5.41) is 27.1. The van der Waals surface area contributed by atoms with Crippen LogP contribution in [-0.4, -0.2) is 64.0 Å². The summed E-state index contributed by atoms with van der Waals surface area (Å²) in [6, 6.07) is 0. The smallest absolute Gasteiger partial charge is 0.325 e. The first-order valence-corrected chi connectivity index (χ1v) is 9.60. The van der Waals surface area contributed by atoms with Gasteiger partial charge in [0.15, 0.2) is 0 Å². The van der Waals surface area contributed by atoms with Gasteiger partial charge in [0.2, 0.25) is 0 Å². The maximum absolute atomic E-state index is 10.0. The molecule has 4 N–H and O–H groups in total. The Morgan fingerprint density at radius 1 is 0.828 bits per heavy atom.